The monoisotopic (exact) mass is 408 g/mol. The number of aliphatic imine (C=N–C) groups is 1. The molecule has 0 unspecified atom stereocenters. The van der Waals surface area contributed by atoms with Crippen molar-refractivity contribution >= 4 is 16.0 Å². The Morgan fingerprint density at radius 2 is 2.00 bits per heavy atom. The zero-order valence-electron chi connectivity index (χ0n) is 15.1. The Hall–Kier alpha value is -2.01. The molecule has 2 N–H and O–H groups in total. The van der Waals surface area contributed by atoms with Crippen LogP contribution in [0.2, 0.25) is 0 Å². The van der Waals surface area contributed by atoms with Gasteiger partial charge in [-0.05, 0) is 30.5 Å². The lowest BCUT2D eigenvalue weighted by molar-refractivity contribution is -0.0494. The smallest absolute Gasteiger partial charge is 0.497 e. The van der Waals surface area contributed by atoms with Crippen molar-refractivity contribution in [2.24, 2.45) is 4.99 Å². The fourth-order valence-corrected chi connectivity index (χ4v) is 3.73. The number of guanidine groups is 1. The van der Waals surface area contributed by atoms with E-state index in [-0.39, 0.29) is 32.0 Å². The van der Waals surface area contributed by atoms with E-state index in [4.69, 9.17) is 4.74 Å². The van der Waals surface area contributed by atoms with Gasteiger partial charge in [-0.2, -0.15) is 17.5 Å². The molecular weight excluding hydrogens is 385 g/mol. The third-order valence-electron chi connectivity index (χ3n) is 4.24. The number of hydrogen-bond acceptors (Lipinski definition) is 4. The van der Waals surface area contributed by atoms with Gasteiger partial charge in [0.1, 0.15) is 5.75 Å². The van der Waals surface area contributed by atoms with Crippen molar-refractivity contribution in [2.75, 3.05) is 27.2 Å². The number of sulfonamides is 1. The van der Waals surface area contributed by atoms with Crippen LogP contribution >= 0.6 is 0 Å². The van der Waals surface area contributed by atoms with Gasteiger partial charge in [-0.15, -0.1) is 0 Å². The van der Waals surface area contributed by atoms with Gasteiger partial charge in [0.05, 0.1) is 7.11 Å². The molecule has 0 atom stereocenters. The van der Waals surface area contributed by atoms with E-state index < -0.39 is 15.5 Å². The second kappa shape index (κ2) is 8.79. The summed E-state index contributed by atoms with van der Waals surface area (Å²) in [5.74, 6) is 1.23. The first-order valence-electron chi connectivity index (χ1n) is 8.34. The summed E-state index contributed by atoms with van der Waals surface area (Å²) in [6, 6.07) is 7.33. The van der Waals surface area contributed by atoms with Gasteiger partial charge in [-0.3, -0.25) is 4.99 Å². The van der Waals surface area contributed by atoms with E-state index in [0.29, 0.717) is 16.8 Å². The normalized spacial score (nSPS) is 17.6. The minimum absolute atomic E-state index is 0.166. The average Bonchev–Trinajstić information content (AvgIpc) is 2.64. The van der Waals surface area contributed by atoms with Crippen molar-refractivity contribution in [1.29, 1.82) is 0 Å². The number of piperidine rings is 1. The summed E-state index contributed by atoms with van der Waals surface area (Å²) >= 11 is 0. The molecule has 152 valence electrons. The number of hydrogen-bond donors (Lipinski definition) is 2. The highest BCUT2D eigenvalue weighted by atomic mass is 32.2. The number of rotatable bonds is 5. The van der Waals surface area contributed by atoms with Gasteiger partial charge in [0, 0.05) is 32.7 Å². The van der Waals surface area contributed by atoms with Gasteiger partial charge in [0.15, 0.2) is 5.96 Å². The maximum atomic E-state index is 12.6. The number of halogens is 3. The quantitative estimate of drug-likeness (QED) is 0.572. The molecule has 1 aliphatic heterocycles. The van der Waals surface area contributed by atoms with Crippen LogP contribution in [0.1, 0.15) is 18.4 Å². The van der Waals surface area contributed by atoms with Crippen molar-refractivity contribution in [3.8, 4) is 5.75 Å². The molecule has 1 aliphatic rings. The van der Waals surface area contributed by atoms with Crippen LogP contribution in [-0.4, -0.2) is 57.5 Å². The van der Waals surface area contributed by atoms with Gasteiger partial charge >= 0.3 is 15.5 Å². The molecular formula is C16H23F3N4O3S. The van der Waals surface area contributed by atoms with Crippen LogP contribution in [0.4, 0.5) is 13.2 Å². The fraction of sp³-hybridized carbons (Fsp3) is 0.562. The zero-order chi connectivity index (χ0) is 20.1. The van der Waals surface area contributed by atoms with E-state index in [1.54, 1.807) is 14.2 Å². The van der Waals surface area contributed by atoms with Crippen LogP contribution in [0.5, 0.6) is 5.75 Å². The van der Waals surface area contributed by atoms with Gasteiger partial charge < -0.3 is 15.4 Å². The Bertz CT molecular complexity index is 760. The largest absolute Gasteiger partial charge is 0.511 e. The van der Waals surface area contributed by atoms with E-state index in [0.717, 1.165) is 11.3 Å². The van der Waals surface area contributed by atoms with Gasteiger partial charge in [0.25, 0.3) is 0 Å². The van der Waals surface area contributed by atoms with E-state index >= 15 is 0 Å². The first kappa shape index (κ1) is 21.3. The van der Waals surface area contributed by atoms with Crippen LogP contribution in [0, 0.1) is 0 Å². The predicted molar refractivity (Wildman–Crippen MR) is 95.9 cm³/mol. The van der Waals surface area contributed by atoms with E-state index in [1.807, 2.05) is 24.3 Å². The summed E-state index contributed by atoms with van der Waals surface area (Å²) in [6.07, 6.45) is 0.518. The van der Waals surface area contributed by atoms with E-state index in [9.17, 15) is 21.6 Å². The van der Waals surface area contributed by atoms with Crippen LogP contribution in [0.15, 0.2) is 29.3 Å². The molecule has 11 heteroatoms. The lowest BCUT2D eigenvalue weighted by Gasteiger charge is -2.32. The standard InChI is InChI=1S/C16H23F3N4O3S/c1-20-15(21-11-12-4-3-5-14(10-12)26-2)22-13-6-8-23(9-7-13)27(24,25)16(17,18)19/h3-5,10,13H,6-9,11H2,1-2H3,(H2,20,21,22). The molecule has 0 spiro atoms. The molecule has 0 amide bonds. The number of nitrogens with one attached hydrogen (secondary N) is 2. The molecule has 0 radical (unpaired) electrons. The van der Waals surface area contributed by atoms with E-state index in [2.05, 4.69) is 15.6 Å². The first-order valence-corrected chi connectivity index (χ1v) is 9.78. The highest BCUT2D eigenvalue weighted by Crippen LogP contribution is 2.28. The van der Waals surface area contributed by atoms with Gasteiger partial charge in [0.2, 0.25) is 0 Å². The summed E-state index contributed by atoms with van der Waals surface area (Å²) < 4.78 is 66.4. The summed E-state index contributed by atoms with van der Waals surface area (Å²) in [6.45, 7) is 0.108. The maximum absolute atomic E-state index is 12.6. The summed E-state index contributed by atoms with van der Waals surface area (Å²) in [4.78, 5) is 4.10. The second-order valence-electron chi connectivity index (χ2n) is 6.05. The van der Waals surface area contributed by atoms with Crippen LogP contribution in [0.25, 0.3) is 0 Å². The Morgan fingerprint density at radius 1 is 1.33 bits per heavy atom. The molecule has 1 aromatic rings. The molecule has 1 fully saturated rings. The maximum Gasteiger partial charge on any atom is 0.511 e. The Morgan fingerprint density at radius 3 is 2.56 bits per heavy atom. The minimum Gasteiger partial charge on any atom is -0.497 e. The summed E-state index contributed by atoms with van der Waals surface area (Å²) in [7, 11) is -2.09. The predicted octanol–water partition coefficient (Wildman–Crippen LogP) is 1.67. The third-order valence-corrected chi connectivity index (χ3v) is 5.87. The van der Waals surface area contributed by atoms with Crippen LogP contribution in [0.3, 0.4) is 0 Å². The fourth-order valence-electron chi connectivity index (χ4n) is 2.74. The highest BCUT2D eigenvalue weighted by Gasteiger charge is 2.50. The molecule has 1 saturated heterocycles. The van der Waals surface area contributed by atoms with Gasteiger partial charge in [-0.1, -0.05) is 12.1 Å². The van der Waals surface area contributed by atoms with Gasteiger partial charge in [-0.25, -0.2) is 8.42 Å². The van der Waals surface area contributed by atoms with Crippen molar-refractivity contribution in [3.05, 3.63) is 29.8 Å². The number of ether oxygens (including phenoxy) is 1. The number of benzene rings is 1. The van der Waals surface area contributed by atoms with E-state index in [1.165, 1.54) is 0 Å². The second-order valence-corrected chi connectivity index (χ2v) is 7.98. The Labute approximate surface area is 156 Å². The summed E-state index contributed by atoms with van der Waals surface area (Å²) in [5, 5.41) is 6.24. The molecule has 7 nitrogen and oxygen atoms in total. The lowest BCUT2D eigenvalue weighted by Crippen LogP contribution is -2.51. The molecule has 0 aromatic heterocycles. The van der Waals surface area contributed by atoms with Crippen molar-refractivity contribution in [1.82, 2.24) is 14.9 Å². The first-order chi connectivity index (χ1) is 12.7. The Balaban J connectivity index is 1.86. The molecule has 0 bridgehead atoms. The molecule has 2 rings (SSSR count). The van der Waals surface area contributed by atoms with Crippen molar-refractivity contribution < 1.29 is 26.3 Å². The number of methoxy groups -OCH3 is 1. The molecule has 27 heavy (non-hydrogen) atoms. The highest BCUT2D eigenvalue weighted by molar-refractivity contribution is 7.90. The molecule has 1 aromatic carbocycles. The average molecular weight is 408 g/mol. The summed E-state index contributed by atoms with van der Waals surface area (Å²) in [5.41, 5.74) is -4.29. The lowest BCUT2D eigenvalue weighted by atomic mass is 10.1. The Kier molecular flexibility index (Phi) is 6.93. The minimum atomic E-state index is -5.26. The number of alkyl halides is 3. The SMILES string of the molecule is CN=C(NCc1cccc(OC)c1)NC1CCN(S(=O)(=O)C(F)(F)F)CC1. The van der Waals surface area contributed by atoms with Crippen molar-refractivity contribution in [3.63, 3.8) is 0 Å². The molecule has 0 aliphatic carbocycles. The van der Waals surface area contributed by atoms with Crippen LogP contribution < -0.4 is 15.4 Å². The molecule has 1 heterocycles. The van der Waals surface area contributed by atoms with Crippen LogP contribution in [-0.2, 0) is 16.6 Å². The topological polar surface area (TPSA) is 83.0 Å². The zero-order valence-corrected chi connectivity index (χ0v) is 15.9. The number of nitrogens with zero attached hydrogens (tertiary/aromatic N) is 2. The van der Waals surface area contributed by atoms with Crippen molar-refractivity contribution in [2.45, 2.75) is 30.9 Å². The third kappa shape index (κ3) is 5.48. The molecule has 0 saturated carbocycles.